The topological polar surface area (TPSA) is 41.1 Å². The monoisotopic (exact) mass is 156 g/mol. The van der Waals surface area contributed by atoms with E-state index in [0.29, 0.717) is 0 Å². The number of nitrogens with one attached hydrogen (secondary N) is 2. The molecular formula is C8H16N2O. The number of rotatable bonds is 1. The average Bonchev–Trinajstić information content (AvgIpc) is 2.31. The Morgan fingerprint density at radius 1 is 1.36 bits per heavy atom. The summed E-state index contributed by atoms with van der Waals surface area (Å²) in [5.74, 6) is 0. The van der Waals surface area contributed by atoms with Crippen LogP contribution >= 0.6 is 0 Å². The molecule has 1 fully saturated rings. The van der Waals surface area contributed by atoms with Gasteiger partial charge in [0, 0.05) is 12.7 Å². The minimum atomic E-state index is -0.0185. The zero-order chi connectivity index (χ0) is 8.48. The Labute approximate surface area is 67.5 Å². The molecule has 1 aliphatic rings. The molecule has 0 bridgehead atoms. The molecule has 64 valence electrons. The van der Waals surface area contributed by atoms with Crippen LogP contribution in [0.4, 0.5) is 0 Å². The zero-order valence-corrected chi connectivity index (χ0v) is 7.35. The van der Waals surface area contributed by atoms with E-state index in [-0.39, 0.29) is 17.5 Å². The van der Waals surface area contributed by atoms with Crippen LogP contribution < -0.4 is 10.6 Å². The fraction of sp³-hybridized carbons (Fsp3) is 0.875. The lowest BCUT2D eigenvalue weighted by Crippen LogP contribution is -2.44. The van der Waals surface area contributed by atoms with Gasteiger partial charge in [0.25, 0.3) is 0 Å². The van der Waals surface area contributed by atoms with Gasteiger partial charge in [0.1, 0.15) is 6.29 Å². The maximum absolute atomic E-state index is 10.6. The van der Waals surface area contributed by atoms with Crippen molar-refractivity contribution in [3.8, 4) is 0 Å². The lowest BCUT2D eigenvalue weighted by molar-refractivity contribution is -0.110. The van der Waals surface area contributed by atoms with Gasteiger partial charge in [-0.3, -0.25) is 10.6 Å². The molecule has 11 heavy (non-hydrogen) atoms. The van der Waals surface area contributed by atoms with Crippen LogP contribution in [-0.2, 0) is 4.79 Å². The van der Waals surface area contributed by atoms with Crippen LogP contribution in [-0.4, -0.2) is 25.0 Å². The van der Waals surface area contributed by atoms with Crippen LogP contribution in [0.25, 0.3) is 0 Å². The van der Waals surface area contributed by atoms with Gasteiger partial charge in [-0.05, 0) is 5.41 Å². The van der Waals surface area contributed by atoms with E-state index in [0.717, 1.165) is 13.0 Å². The molecule has 0 aromatic rings. The first-order chi connectivity index (χ1) is 5.05. The smallest absolute Gasteiger partial charge is 0.138 e. The molecule has 1 rings (SSSR count). The molecule has 1 saturated heterocycles. The van der Waals surface area contributed by atoms with Gasteiger partial charge < -0.3 is 4.79 Å². The van der Waals surface area contributed by atoms with Crippen molar-refractivity contribution < 1.29 is 4.79 Å². The zero-order valence-electron chi connectivity index (χ0n) is 7.35. The predicted octanol–water partition coefficient (Wildman–Crippen LogP) is 0.119. The molecule has 3 nitrogen and oxygen atoms in total. The second-order valence-corrected chi connectivity index (χ2v) is 4.09. The summed E-state index contributed by atoms with van der Waals surface area (Å²) in [5, 5.41) is 6.34. The van der Waals surface area contributed by atoms with Gasteiger partial charge in [-0.25, -0.2) is 0 Å². The summed E-state index contributed by atoms with van der Waals surface area (Å²) in [6, 6.07) is 0.245. The lowest BCUT2D eigenvalue weighted by Gasteiger charge is -2.29. The molecule has 0 aliphatic carbocycles. The van der Waals surface area contributed by atoms with E-state index >= 15 is 0 Å². The van der Waals surface area contributed by atoms with Crippen LogP contribution in [0.15, 0.2) is 0 Å². The predicted molar refractivity (Wildman–Crippen MR) is 44.2 cm³/mol. The summed E-state index contributed by atoms with van der Waals surface area (Å²) in [5.41, 5.74) is 0.148. The third-order valence-electron chi connectivity index (χ3n) is 2.10. The van der Waals surface area contributed by atoms with Gasteiger partial charge in [-0.2, -0.15) is 0 Å². The van der Waals surface area contributed by atoms with Gasteiger partial charge >= 0.3 is 0 Å². The number of hydrogen-bond acceptors (Lipinski definition) is 3. The first-order valence-electron chi connectivity index (χ1n) is 3.98. The van der Waals surface area contributed by atoms with Crippen molar-refractivity contribution in [2.45, 2.75) is 32.9 Å². The summed E-state index contributed by atoms with van der Waals surface area (Å²) in [7, 11) is 0. The molecule has 2 unspecified atom stereocenters. The first kappa shape index (κ1) is 8.68. The van der Waals surface area contributed by atoms with Crippen molar-refractivity contribution in [3.63, 3.8) is 0 Å². The molecule has 1 heterocycles. The van der Waals surface area contributed by atoms with Gasteiger partial charge in [-0.15, -0.1) is 0 Å². The molecule has 2 N–H and O–H groups in total. The number of hydrogen-bond donors (Lipinski definition) is 2. The molecule has 0 amide bonds. The van der Waals surface area contributed by atoms with Crippen LogP contribution in [0, 0.1) is 5.41 Å². The van der Waals surface area contributed by atoms with E-state index < -0.39 is 0 Å². The largest absolute Gasteiger partial charge is 0.302 e. The maximum Gasteiger partial charge on any atom is 0.138 e. The minimum Gasteiger partial charge on any atom is -0.302 e. The minimum absolute atomic E-state index is 0.0185. The Hall–Kier alpha value is -0.410. The molecule has 0 radical (unpaired) electrons. The van der Waals surface area contributed by atoms with Crippen molar-refractivity contribution in [1.82, 2.24) is 10.6 Å². The second kappa shape index (κ2) is 2.91. The Balaban J connectivity index is 2.63. The van der Waals surface area contributed by atoms with Crippen LogP contribution in [0.1, 0.15) is 20.8 Å². The van der Waals surface area contributed by atoms with Crippen LogP contribution in [0.2, 0.25) is 0 Å². The first-order valence-corrected chi connectivity index (χ1v) is 3.98. The summed E-state index contributed by atoms with van der Waals surface area (Å²) >= 11 is 0. The molecule has 0 aromatic heterocycles. The maximum atomic E-state index is 10.6. The average molecular weight is 156 g/mol. The van der Waals surface area contributed by atoms with Crippen molar-refractivity contribution in [3.05, 3.63) is 0 Å². The fourth-order valence-electron chi connectivity index (χ4n) is 1.50. The Kier molecular flexibility index (Phi) is 2.30. The van der Waals surface area contributed by atoms with Crippen molar-refractivity contribution >= 4 is 6.29 Å². The third-order valence-corrected chi connectivity index (χ3v) is 2.10. The van der Waals surface area contributed by atoms with E-state index in [2.05, 4.69) is 31.4 Å². The molecule has 3 heteroatoms. The fourth-order valence-corrected chi connectivity index (χ4v) is 1.50. The van der Waals surface area contributed by atoms with E-state index in [1.807, 2.05) is 0 Å². The van der Waals surface area contributed by atoms with E-state index in [1.165, 1.54) is 0 Å². The molecule has 1 aliphatic heterocycles. The summed E-state index contributed by atoms with van der Waals surface area (Å²) in [6.45, 7) is 7.14. The van der Waals surface area contributed by atoms with E-state index in [4.69, 9.17) is 0 Å². The molecular weight excluding hydrogens is 140 g/mol. The van der Waals surface area contributed by atoms with E-state index in [1.54, 1.807) is 0 Å². The van der Waals surface area contributed by atoms with E-state index in [9.17, 15) is 4.79 Å². The summed E-state index contributed by atoms with van der Waals surface area (Å²) in [6.07, 6.45) is 0.982. The summed E-state index contributed by atoms with van der Waals surface area (Å²) < 4.78 is 0. The van der Waals surface area contributed by atoms with Crippen molar-refractivity contribution in [2.75, 3.05) is 6.67 Å². The standard InChI is InChI=1S/C8H16N2O/c1-8(2,3)7-6(4-11)9-5-10-7/h4,6-7,9-10H,5H2,1-3H3. The Morgan fingerprint density at radius 3 is 2.36 bits per heavy atom. The molecule has 2 atom stereocenters. The highest BCUT2D eigenvalue weighted by atomic mass is 16.1. The number of aldehydes is 1. The SMILES string of the molecule is CC(C)(C)C1NCNC1C=O. The van der Waals surface area contributed by atoms with Crippen molar-refractivity contribution in [2.24, 2.45) is 5.41 Å². The summed E-state index contributed by atoms with van der Waals surface area (Å²) in [4.78, 5) is 10.6. The third kappa shape index (κ3) is 1.79. The second-order valence-electron chi connectivity index (χ2n) is 4.09. The van der Waals surface area contributed by atoms with Gasteiger partial charge in [0.05, 0.1) is 6.04 Å². The number of carbonyl (C=O) groups is 1. The van der Waals surface area contributed by atoms with Gasteiger partial charge in [-0.1, -0.05) is 20.8 Å². The lowest BCUT2D eigenvalue weighted by atomic mass is 9.83. The molecule has 0 saturated carbocycles. The quantitative estimate of drug-likeness (QED) is 0.530. The number of carbonyl (C=O) groups excluding carboxylic acids is 1. The van der Waals surface area contributed by atoms with Crippen molar-refractivity contribution in [1.29, 1.82) is 0 Å². The highest BCUT2D eigenvalue weighted by Crippen LogP contribution is 2.22. The normalized spacial score (nSPS) is 32.3. The van der Waals surface area contributed by atoms with Gasteiger partial charge in [0.2, 0.25) is 0 Å². The van der Waals surface area contributed by atoms with Crippen LogP contribution in [0.3, 0.4) is 0 Å². The Bertz CT molecular complexity index is 151. The van der Waals surface area contributed by atoms with Crippen LogP contribution in [0.5, 0.6) is 0 Å². The van der Waals surface area contributed by atoms with Gasteiger partial charge in [0.15, 0.2) is 0 Å². The highest BCUT2D eigenvalue weighted by Gasteiger charge is 2.34. The Morgan fingerprint density at radius 2 is 2.00 bits per heavy atom. The highest BCUT2D eigenvalue weighted by molar-refractivity contribution is 5.60. The molecule has 0 aromatic carbocycles. The molecule has 0 spiro atoms.